The molecule has 2 heterocycles. The number of benzene rings is 1. The molecule has 21 heavy (non-hydrogen) atoms. The van der Waals surface area contributed by atoms with Crippen LogP contribution in [0.15, 0.2) is 30.3 Å². The summed E-state index contributed by atoms with van der Waals surface area (Å²) in [6.45, 7) is 2.10. The summed E-state index contributed by atoms with van der Waals surface area (Å²) < 4.78 is 17.0. The molecule has 1 aromatic rings. The highest BCUT2D eigenvalue weighted by Gasteiger charge is 2.44. The van der Waals surface area contributed by atoms with Crippen molar-refractivity contribution in [1.29, 1.82) is 0 Å². The van der Waals surface area contributed by atoms with E-state index in [1.165, 1.54) is 0 Å². The SMILES string of the molecule is COC(c1ccccc1)C(O)C1CCOC2(CCOC2)C1. The number of aliphatic hydroxyl groups excluding tert-OH is 1. The van der Waals surface area contributed by atoms with Crippen LogP contribution < -0.4 is 0 Å². The lowest BCUT2D eigenvalue weighted by atomic mass is 9.79. The first-order valence-corrected chi connectivity index (χ1v) is 7.72. The molecular formula is C17H24O4. The fourth-order valence-electron chi connectivity index (χ4n) is 3.58. The summed E-state index contributed by atoms with van der Waals surface area (Å²) in [6.07, 6.45) is 1.85. The summed E-state index contributed by atoms with van der Waals surface area (Å²) in [5, 5.41) is 10.8. The maximum atomic E-state index is 10.8. The summed E-state index contributed by atoms with van der Waals surface area (Å²) in [5.41, 5.74) is 0.842. The normalized spacial score (nSPS) is 32.2. The first-order valence-electron chi connectivity index (χ1n) is 7.72. The molecule has 0 aliphatic carbocycles. The van der Waals surface area contributed by atoms with Gasteiger partial charge in [-0.25, -0.2) is 0 Å². The molecule has 116 valence electrons. The molecule has 4 unspecified atom stereocenters. The smallest absolute Gasteiger partial charge is 0.108 e. The zero-order valence-corrected chi connectivity index (χ0v) is 12.5. The molecule has 3 rings (SSSR count). The molecular weight excluding hydrogens is 268 g/mol. The lowest BCUT2D eigenvalue weighted by molar-refractivity contribution is -0.136. The van der Waals surface area contributed by atoms with Gasteiger partial charge >= 0.3 is 0 Å². The second-order valence-electron chi connectivity index (χ2n) is 6.14. The highest BCUT2D eigenvalue weighted by atomic mass is 16.6. The first-order chi connectivity index (χ1) is 10.2. The Morgan fingerprint density at radius 2 is 2.10 bits per heavy atom. The predicted octanol–water partition coefficient (Wildman–Crippen LogP) is 2.32. The van der Waals surface area contributed by atoms with Gasteiger partial charge in [0.2, 0.25) is 0 Å². The fourth-order valence-corrected chi connectivity index (χ4v) is 3.58. The Hall–Kier alpha value is -0.940. The molecule has 1 spiro atoms. The molecule has 4 atom stereocenters. The van der Waals surface area contributed by atoms with Gasteiger partial charge in [-0.2, -0.15) is 0 Å². The van der Waals surface area contributed by atoms with E-state index >= 15 is 0 Å². The van der Waals surface area contributed by atoms with Crippen LogP contribution in [0.5, 0.6) is 0 Å². The maximum Gasteiger partial charge on any atom is 0.108 e. The Kier molecular flexibility index (Phi) is 4.60. The molecule has 0 amide bonds. The van der Waals surface area contributed by atoms with Crippen LogP contribution >= 0.6 is 0 Å². The third kappa shape index (κ3) is 3.14. The molecule has 2 saturated heterocycles. The van der Waals surface area contributed by atoms with Gasteiger partial charge in [0.05, 0.1) is 18.3 Å². The van der Waals surface area contributed by atoms with E-state index in [1.54, 1.807) is 7.11 Å². The van der Waals surface area contributed by atoms with Crippen LogP contribution in [0.2, 0.25) is 0 Å². The third-order valence-corrected chi connectivity index (χ3v) is 4.77. The van der Waals surface area contributed by atoms with Gasteiger partial charge in [0.1, 0.15) is 6.10 Å². The van der Waals surface area contributed by atoms with Gasteiger partial charge in [-0.15, -0.1) is 0 Å². The van der Waals surface area contributed by atoms with Crippen molar-refractivity contribution in [1.82, 2.24) is 0 Å². The van der Waals surface area contributed by atoms with Crippen molar-refractivity contribution in [2.45, 2.75) is 37.1 Å². The van der Waals surface area contributed by atoms with Crippen molar-refractivity contribution < 1.29 is 19.3 Å². The Labute approximate surface area is 126 Å². The molecule has 1 aromatic carbocycles. The monoisotopic (exact) mass is 292 g/mol. The van der Waals surface area contributed by atoms with E-state index in [0.717, 1.165) is 31.4 Å². The van der Waals surface area contributed by atoms with Crippen LogP contribution in [0.4, 0.5) is 0 Å². The highest BCUT2D eigenvalue weighted by molar-refractivity contribution is 5.19. The molecule has 2 aliphatic heterocycles. The minimum Gasteiger partial charge on any atom is -0.390 e. The van der Waals surface area contributed by atoms with Crippen LogP contribution in [-0.2, 0) is 14.2 Å². The van der Waals surface area contributed by atoms with Crippen molar-refractivity contribution in [3.63, 3.8) is 0 Å². The van der Waals surface area contributed by atoms with E-state index in [9.17, 15) is 5.11 Å². The van der Waals surface area contributed by atoms with E-state index in [-0.39, 0.29) is 17.6 Å². The molecule has 2 fully saturated rings. The quantitative estimate of drug-likeness (QED) is 0.925. The number of rotatable bonds is 4. The van der Waals surface area contributed by atoms with Crippen molar-refractivity contribution in [2.75, 3.05) is 26.9 Å². The zero-order valence-electron chi connectivity index (χ0n) is 12.5. The van der Waals surface area contributed by atoms with Crippen LogP contribution in [0.3, 0.4) is 0 Å². The van der Waals surface area contributed by atoms with Gasteiger partial charge in [0, 0.05) is 26.7 Å². The number of ether oxygens (including phenoxy) is 3. The van der Waals surface area contributed by atoms with Crippen molar-refractivity contribution >= 4 is 0 Å². The van der Waals surface area contributed by atoms with E-state index in [1.807, 2.05) is 30.3 Å². The van der Waals surface area contributed by atoms with Crippen LogP contribution in [-0.4, -0.2) is 43.7 Å². The van der Waals surface area contributed by atoms with Crippen molar-refractivity contribution in [3.8, 4) is 0 Å². The van der Waals surface area contributed by atoms with Crippen LogP contribution in [0.1, 0.15) is 30.9 Å². The Morgan fingerprint density at radius 3 is 2.76 bits per heavy atom. The average molecular weight is 292 g/mol. The molecule has 4 nitrogen and oxygen atoms in total. The summed E-state index contributed by atoms with van der Waals surface area (Å²) in [4.78, 5) is 0. The van der Waals surface area contributed by atoms with Gasteiger partial charge in [0.15, 0.2) is 0 Å². The zero-order chi connectivity index (χ0) is 14.7. The predicted molar refractivity (Wildman–Crippen MR) is 79.0 cm³/mol. The van der Waals surface area contributed by atoms with Gasteiger partial charge in [-0.1, -0.05) is 30.3 Å². The number of hydrogen-bond acceptors (Lipinski definition) is 4. The van der Waals surface area contributed by atoms with Gasteiger partial charge < -0.3 is 19.3 Å². The van der Waals surface area contributed by atoms with Crippen molar-refractivity contribution in [2.24, 2.45) is 5.92 Å². The van der Waals surface area contributed by atoms with Crippen LogP contribution in [0.25, 0.3) is 0 Å². The van der Waals surface area contributed by atoms with Gasteiger partial charge in [-0.05, 0) is 24.3 Å². The Bertz CT molecular complexity index is 441. The molecule has 4 heteroatoms. The van der Waals surface area contributed by atoms with Gasteiger partial charge in [0.25, 0.3) is 0 Å². The van der Waals surface area contributed by atoms with Crippen molar-refractivity contribution in [3.05, 3.63) is 35.9 Å². The molecule has 0 radical (unpaired) electrons. The number of hydrogen-bond donors (Lipinski definition) is 1. The Morgan fingerprint density at radius 1 is 1.29 bits per heavy atom. The topological polar surface area (TPSA) is 47.9 Å². The third-order valence-electron chi connectivity index (χ3n) is 4.77. The van der Waals surface area contributed by atoms with E-state index in [0.29, 0.717) is 13.2 Å². The molecule has 0 aromatic heterocycles. The Balaban J connectivity index is 1.72. The molecule has 2 aliphatic rings. The average Bonchev–Trinajstić information content (AvgIpc) is 2.97. The molecule has 1 N–H and O–H groups in total. The minimum absolute atomic E-state index is 0.182. The lowest BCUT2D eigenvalue weighted by Crippen LogP contribution is -2.45. The first kappa shape index (κ1) is 15.0. The lowest BCUT2D eigenvalue weighted by Gasteiger charge is -2.40. The highest BCUT2D eigenvalue weighted by Crippen LogP contribution is 2.40. The number of methoxy groups -OCH3 is 1. The summed E-state index contributed by atoms with van der Waals surface area (Å²) in [7, 11) is 1.66. The van der Waals surface area contributed by atoms with E-state index < -0.39 is 6.10 Å². The van der Waals surface area contributed by atoms with Gasteiger partial charge in [-0.3, -0.25) is 0 Å². The largest absolute Gasteiger partial charge is 0.390 e. The maximum absolute atomic E-state index is 10.8. The summed E-state index contributed by atoms with van der Waals surface area (Å²) >= 11 is 0. The van der Waals surface area contributed by atoms with E-state index in [2.05, 4.69) is 0 Å². The van der Waals surface area contributed by atoms with E-state index in [4.69, 9.17) is 14.2 Å². The fraction of sp³-hybridized carbons (Fsp3) is 0.647. The summed E-state index contributed by atoms with van der Waals surface area (Å²) in [5.74, 6) is 0.186. The summed E-state index contributed by atoms with van der Waals surface area (Å²) in [6, 6.07) is 9.94. The number of aliphatic hydroxyl groups is 1. The molecule has 0 bridgehead atoms. The standard InChI is InChI=1S/C17H24O4/c1-19-16(13-5-3-2-4-6-13)15(18)14-7-9-21-17(11-14)8-10-20-12-17/h2-6,14-16,18H,7-12H2,1H3. The second-order valence-corrected chi connectivity index (χ2v) is 6.14. The molecule has 0 saturated carbocycles. The van der Waals surface area contributed by atoms with Crippen LogP contribution in [0, 0.1) is 5.92 Å². The minimum atomic E-state index is -0.515. The second kappa shape index (κ2) is 6.44.